The Morgan fingerprint density at radius 1 is 0.625 bits per heavy atom. The molecule has 0 saturated carbocycles. The predicted octanol–water partition coefficient (Wildman–Crippen LogP) is -2.02. The molecule has 0 heterocycles. The first-order valence-corrected chi connectivity index (χ1v) is 5.43. The van der Waals surface area contributed by atoms with Crippen molar-refractivity contribution in [3.8, 4) is 0 Å². The van der Waals surface area contributed by atoms with Crippen molar-refractivity contribution in [2.24, 2.45) is 0 Å². The summed E-state index contributed by atoms with van der Waals surface area (Å²) in [5.74, 6) is 0. The Bertz CT molecular complexity index is 165. The lowest BCUT2D eigenvalue weighted by atomic mass is 10.0. The largest absolute Gasteiger partial charge is 0.396 e. The van der Waals surface area contributed by atoms with Crippen LogP contribution < -0.4 is 0 Å². The molecule has 0 unspecified atom stereocenters. The summed E-state index contributed by atoms with van der Waals surface area (Å²) in [6, 6.07) is 0. The van der Waals surface area contributed by atoms with Gasteiger partial charge in [-0.3, -0.25) is 0 Å². The lowest BCUT2D eigenvalue weighted by Crippen LogP contribution is -2.27. The molecule has 6 nitrogen and oxygen atoms in total. The molecule has 0 rings (SSSR count). The van der Waals surface area contributed by atoms with Gasteiger partial charge in [0.15, 0.2) is 0 Å². The molecule has 4 atom stereocenters. The zero-order chi connectivity index (χ0) is 12.6. The molecule has 0 spiro atoms. The summed E-state index contributed by atoms with van der Waals surface area (Å²) in [6.45, 7) is -0.583. The SMILES string of the molecule is OCC[C@@H](O)C[C@H](O)C[C@@H](O)C[C@H](O)CO. The minimum absolute atomic E-state index is 0.0103. The van der Waals surface area contributed by atoms with Gasteiger partial charge in [-0.1, -0.05) is 0 Å². The van der Waals surface area contributed by atoms with Crippen LogP contribution in [0.4, 0.5) is 0 Å². The van der Waals surface area contributed by atoms with Crippen molar-refractivity contribution in [1.82, 2.24) is 0 Å². The molecular formula is C10H22O6. The van der Waals surface area contributed by atoms with Crippen LogP contribution in [0.25, 0.3) is 0 Å². The molecule has 0 aromatic carbocycles. The summed E-state index contributed by atoms with van der Waals surface area (Å²) in [5, 5.41) is 54.2. The maximum Gasteiger partial charge on any atom is 0.0795 e. The Labute approximate surface area is 94.8 Å². The van der Waals surface area contributed by atoms with Crippen molar-refractivity contribution in [3.63, 3.8) is 0 Å². The summed E-state index contributed by atoms with van der Waals surface area (Å²) in [4.78, 5) is 0. The van der Waals surface area contributed by atoms with Gasteiger partial charge in [-0.25, -0.2) is 0 Å². The summed E-state index contributed by atoms with van der Waals surface area (Å²) in [7, 11) is 0. The number of aliphatic hydroxyl groups is 6. The second-order valence-corrected chi connectivity index (χ2v) is 4.02. The molecule has 0 aliphatic carbocycles. The summed E-state index contributed by atoms with van der Waals surface area (Å²) in [5.41, 5.74) is 0. The van der Waals surface area contributed by atoms with E-state index in [0.29, 0.717) is 0 Å². The van der Waals surface area contributed by atoms with E-state index in [9.17, 15) is 15.3 Å². The summed E-state index contributed by atoms with van der Waals surface area (Å²) >= 11 is 0. The molecule has 6 heteroatoms. The Kier molecular flexibility index (Phi) is 8.73. The van der Waals surface area contributed by atoms with Gasteiger partial charge in [-0.15, -0.1) is 0 Å². The zero-order valence-electron chi connectivity index (χ0n) is 9.24. The van der Waals surface area contributed by atoms with Crippen molar-refractivity contribution in [1.29, 1.82) is 0 Å². The van der Waals surface area contributed by atoms with Crippen LogP contribution in [0.2, 0.25) is 0 Å². The van der Waals surface area contributed by atoms with Gasteiger partial charge in [0.2, 0.25) is 0 Å². The van der Waals surface area contributed by atoms with Gasteiger partial charge in [0, 0.05) is 13.0 Å². The number of hydrogen-bond donors (Lipinski definition) is 6. The summed E-state index contributed by atoms with van der Waals surface area (Å²) in [6.07, 6.45) is -3.32. The van der Waals surface area contributed by atoms with Crippen molar-refractivity contribution in [3.05, 3.63) is 0 Å². The molecule has 6 N–H and O–H groups in total. The third-order valence-corrected chi connectivity index (χ3v) is 2.31. The third-order valence-electron chi connectivity index (χ3n) is 2.31. The molecule has 0 aliphatic heterocycles. The second-order valence-electron chi connectivity index (χ2n) is 4.02. The normalized spacial score (nSPS) is 19.1. The van der Waals surface area contributed by atoms with Gasteiger partial charge in [0.25, 0.3) is 0 Å². The molecule has 16 heavy (non-hydrogen) atoms. The first-order chi connectivity index (χ1) is 7.49. The second kappa shape index (κ2) is 8.86. The predicted molar refractivity (Wildman–Crippen MR) is 56.7 cm³/mol. The minimum Gasteiger partial charge on any atom is -0.396 e. The Morgan fingerprint density at radius 2 is 1.06 bits per heavy atom. The Balaban J connectivity index is 3.72. The van der Waals surface area contributed by atoms with Gasteiger partial charge in [-0.05, 0) is 19.3 Å². The molecular weight excluding hydrogens is 216 g/mol. The van der Waals surface area contributed by atoms with Gasteiger partial charge in [0.1, 0.15) is 0 Å². The maximum atomic E-state index is 9.46. The molecule has 98 valence electrons. The Hall–Kier alpha value is -0.240. The lowest BCUT2D eigenvalue weighted by Gasteiger charge is -2.19. The standard InChI is InChI=1S/C10H22O6/c11-2-1-7(13)3-8(14)4-9(15)5-10(16)6-12/h7-16H,1-6H2/t7-,8+,9-,10+/m1/s1. The van der Waals surface area contributed by atoms with Crippen LogP contribution in [-0.4, -0.2) is 68.3 Å². The highest BCUT2D eigenvalue weighted by Crippen LogP contribution is 2.11. The monoisotopic (exact) mass is 238 g/mol. The number of rotatable bonds is 9. The van der Waals surface area contributed by atoms with E-state index in [1.54, 1.807) is 0 Å². The fourth-order valence-corrected chi connectivity index (χ4v) is 1.48. The first-order valence-electron chi connectivity index (χ1n) is 5.43. The average molecular weight is 238 g/mol. The molecule has 0 bridgehead atoms. The van der Waals surface area contributed by atoms with Crippen LogP contribution in [0.15, 0.2) is 0 Å². The molecule has 0 radical (unpaired) electrons. The number of hydrogen-bond acceptors (Lipinski definition) is 6. The zero-order valence-corrected chi connectivity index (χ0v) is 9.24. The highest BCUT2D eigenvalue weighted by atomic mass is 16.3. The molecule has 0 fully saturated rings. The Morgan fingerprint density at radius 3 is 1.50 bits per heavy atom. The maximum absolute atomic E-state index is 9.46. The van der Waals surface area contributed by atoms with E-state index < -0.39 is 31.0 Å². The highest BCUT2D eigenvalue weighted by Gasteiger charge is 2.18. The average Bonchev–Trinajstić information content (AvgIpc) is 2.16. The lowest BCUT2D eigenvalue weighted by molar-refractivity contribution is 0.00332. The number of aliphatic hydroxyl groups excluding tert-OH is 6. The minimum atomic E-state index is -0.996. The van der Waals surface area contributed by atoms with E-state index in [4.69, 9.17) is 15.3 Å². The van der Waals surface area contributed by atoms with Crippen LogP contribution in [0.1, 0.15) is 25.7 Å². The van der Waals surface area contributed by atoms with Crippen LogP contribution in [0.5, 0.6) is 0 Å². The van der Waals surface area contributed by atoms with E-state index >= 15 is 0 Å². The van der Waals surface area contributed by atoms with Crippen LogP contribution in [0, 0.1) is 0 Å². The molecule has 0 aromatic heterocycles. The fraction of sp³-hybridized carbons (Fsp3) is 1.00. The van der Waals surface area contributed by atoms with Crippen LogP contribution in [-0.2, 0) is 0 Å². The first kappa shape index (κ1) is 15.8. The molecule has 0 saturated heterocycles. The quantitative estimate of drug-likeness (QED) is 0.276. The molecule has 0 amide bonds. The van der Waals surface area contributed by atoms with E-state index in [1.807, 2.05) is 0 Å². The van der Waals surface area contributed by atoms with Crippen molar-refractivity contribution in [2.45, 2.75) is 50.1 Å². The van der Waals surface area contributed by atoms with Gasteiger partial charge in [-0.2, -0.15) is 0 Å². The molecule has 0 aromatic rings. The van der Waals surface area contributed by atoms with E-state index in [-0.39, 0.29) is 32.3 Å². The van der Waals surface area contributed by atoms with Gasteiger partial charge in [0.05, 0.1) is 31.0 Å². The van der Waals surface area contributed by atoms with Gasteiger partial charge >= 0.3 is 0 Å². The fourth-order valence-electron chi connectivity index (χ4n) is 1.48. The van der Waals surface area contributed by atoms with Crippen molar-refractivity contribution in [2.75, 3.05) is 13.2 Å². The topological polar surface area (TPSA) is 121 Å². The smallest absolute Gasteiger partial charge is 0.0795 e. The van der Waals surface area contributed by atoms with E-state index in [2.05, 4.69) is 0 Å². The van der Waals surface area contributed by atoms with Gasteiger partial charge < -0.3 is 30.6 Å². The van der Waals surface area contributed by atoms with Crippen LogP contribution >= 0.6 is 0 Å². The van der Waals surface area contributed by atoms with Crippen molar-refractivity contribution >= 4 is 0 Å². The summed E-state index contributed by atoms with van der Waals surface area (Å²) < 4.78 is 0. The molecule has 0 aliphatic rings. The van der Waals surface area contributed by atoms with E-state index in [1.165, 1.54) is 0 Å². The third kappa shape index (κ3) is 7.98. The van der Waals surface area contributed by atoms with Crippen LogP contribution in [0.3, 0.4) is 0 Å². The highest BCUT2D eigenvalue weighted by molar-refractivity contribution is 4.70. The van der Waals surface area contributed by atoms with Crippen molar-refractivity contribution < 1.29 is 30.6 Å². The van der Waals surface area contributed by atoms with E-state index in [0.717, 1.165) is 0 Å².